The van der Waals surface area contributed by atoms with Crippen LogP contribution in [0.25, 0.3) is 21.2 Å². The summed E-state index contributed by atoms with van der Waals surface area (Å²) < 4.78 is 44.8. The summed E-state index contributed by atoms with van der Waals surface area (Å²) in [5.41, 5.74) is 3.25. The largest absolute Gasteiger partial charge is 0.417 e. The number of nitrogens with one attached hydrogen (secondary N) is 1. The van der Waals surface area contributed by atoms with Gasteiger partial charge in [0, 0.05) is 22.4 Å². The van der Waals surface area contributed by atoms with Crippen LogP contribution in [-0.4, -0.2) is 16.4 Å². The van der Waals surface area contributed by atoms with Gasteiger partial charge >= 0.3 is 11.9 Å². The van der Waals surface area contributed by atoms with Gasteiger partial charge in [0.1, 0.15) is 5.71 Å². The van der Waals surface area contributed by atoms with E-state index in [0.29, 0.717) is 38.2 Å². The number of alkyl halides is 3. The second-order valence-corrected chi connectivity index (χ2v) is 7.93. The summed E-state index contributed by atoms with van der Waals surface area (Å²) in [6.07, 6.45) is -3.86. The Morgan fingerprint density at radius 2 is 1.97 bits per heavy atom. The zero-order chi connectivity index (χ0) is 20.3. The molecule has 1 aliphatic rings. The molecular weight excluding hydrogens is 403 g/mol. The highest BCUT2D eigenvalue weighted by atomic mass is 32.1. The maximum Gasteiger partial charge on any atom is 0.417 e. The van der Waals surface area contributed by atoms with Crippen LogP contribution >= 0.6 is 11.3 Å². The smallest absolute Gasteiger partial charge is 0.408 e. The van der Waals surface area contributed by atoms with Crippen molar-refractivity contribution in [1.82, 2.24) is 4.98 Å². The Labute approximate surface area is 165 Å². The number of rotatable bonds is 1. The fraction of sp³-hybridized carbons (Fsp3) is 0.150. The molecule has 146 valence electrons. The SMILES string of the molecule is CC1=NN=C(c2cc3ccc(C(F)(F)F)cc3s2)c2cc3oc(=O)[nH]c3cc2C1. The van der Waals surface area contributed by atoms with Crippen molar-refractivity contribution in [2.45, 2.75) is 19.5 Å². The molecule has 0 atom stereocenters. The number of hydrogen-bond acceptors (Lipinski definition) is 5. The number of fused-ring (bicyclic) bond motifs is 3. The third-order valence-corrected chi connectivity index (χ3v) is 5.85. The molecule has 2 aromatic heterocycles. The van der Waals surface area contributed by atoms with Gasteiger partial charge in [-0.15, -0.1) is 16.4 Å². The Hall–Kier alpha value is -3.20. The minimum atomic E-state index is -4.40. The van der Waals surface area contributed by atoms with Gasteiger partial charge in [-0.1, -0.05) is 6.07 Å². The maximum atomic E-state index is 13.0. The topological polar surface area (TPSA) is 70.7 Å². The fourth-order valence-electron chi connectivity index (χ4n) is 3.42. The molecule has 1 N–H and O–H groups in total. The molecule has 0 saturated carbocycles. The normalized spacial score (nSPS) is 14.6. The first-order valence-electron chi connectivity index (χ1n) is 8.66. The van der Waals surface area contributed by atoms with Gasteiger partial charge in [-0.2, -0.15) is 18.3 Å². The molecule has 3 heterocycles. The van der Waals surface area contributed by atoms with Gasteiger partial charge in [-0.05, 0) is 48.2 Å². The minimum absolute atomic E-state index is 0.390. The van der Waals surface area contributed by atoms with Crippen molar-refractivity contribution in [1.29, 1.82) is 0 Å². The van der Waals surface area contributed by atoms with Crippen LogP contribution in [-0.2, 0) is 12.6 Å². The van der Waals surface area contributed by atoms with E-state index in [0.717, 1.165) is 29.0 Å². The molecule has 0 fully saturated rings. The third kappa shape index (κ3) is 3.07. The molecule has 0 radical (unpaired) electrons. The molecule has 0 amide bonds. The third-order valence-electron chi connectivity index (χ3n) is 4.75. The summed E-state index contributed by atoms with van der Waals surface area (Å²) in [4.78, 5) is 14.9. The van der Waals surface area contributed by atoms with Crippen LogP contribution in [0.1, 0.15) is 28.5 Å². The van der Waals surface area contributed by atoms with Crippen molar-refractivity contribution in [3.05, 3.63) is 68.5 Å². The van der Waals surface area contributed by atoms with Crippen molar-refractivity contribution >= 4 is 43.9 Å². The number of nitrogens with zero attached hydrogens (tertiary/aromatic N) is 2. The Balaban J connectivity index is 1.71. The highest BCUT2D eigenvalue weighted by molar-refractivity contribution is 7.21. The van der Waals surface area contributed by atoms with E-state index in [1.165, 1.54) is 17.4 Å². The van der Waals surface area contributed by atoms with E-state index in [1.807, 2.05) is 13.0 Å². The van der Waals surface area contributed by atoms with Crippen LogP contribution in [0.2, 0.25) is 0 Å². The monoisotopic (exact) mass is 415 g/mol. The summed E-state index contributed by atoms with van der Waals surface area (Å²) in [7, 11) is 0. The fourth-order valence-corrected chi connectivity index (χ4v) is 4.52. The number of hydrogen-bond donors (Lipinski definition) is 1. The lowest BCUT2D eigenvalue weighted by molar-refractivity contribution is -0.137. The number of thiophene rings is 1. The summed E-state index contributed by atoms with van der Waals surface area (Å²) in [6.45, 7) is 1.85. The number of oxazole rings is 1. The van der Waals surface area contributed by atoms with Crippen molar-refractivity contribution < 1.29 is 17.6 Å². The quantitative estimate of drug-likeness (QED) is 0.469. The molecule has 9 heteroatoms. The first-order valence-corrected chi connectivity index (χ1v) is 9.48. The summed E-state index contributed by atoms with van der Waals surface area (Å²) in [5, 5.41) is 9.30. The van der Waals surface area contributed by atoms with Crippen LogP contribution in [0.15, 0.2) is 55.8 Å². The van der Waals surface area contributed by atoms with Crippen LogP contribution in [0.4, 0.5) is 13.2 Å². The van der Waals surface area contributed by atoms with Crippen molar-refractivity contribution in [3.8, 4) is 0 Å². The predicted octanol–water partition coefficient (Wildman–Crippen LogP) is 5.12. The van der Waals surface area contributed by atoms with E-state index in [2.05, 4.69) is 15.2 Å². The lowest BCUT2D eigenvalue weighted by atomic mass is 9.97. The molecule has 0 saturated heterocycles. The molecule has 5 nitrogen and oxygen atoms in total. The summed E-state index contributed by atoms with van der Waals surface area (Å²) >= 11 is 1.22. The number of aromatic amines is 1. The molecule has 0 unspecified atom stereocenters. The van der Waals surface area contributed by atoms with Gasteiger partial charge in [0.15, 0.2) is 5.58 Å². The van der Waals surface area contributed by atoms with Crippen LogP contribution in [0.3, 0.4) is 0 Å². The van der Waals surface area contributed by atoms with Crippen LogP contribution < -0.4 is 5.76 Å². The highest BCUT2D eigenvalue weighted by Crippen LogP contribution is 2.36. The van der Waals surface area contributed by atoms with Crippen molar-refractivity contribution in [3.63, 3.8) is 0 Å². The first kappa shape index (κ1) is 17.9. The van der Waals surface area contributed by atoms with E-state index >= 15 is 0 Å². The molecule has 0 bridgehead atoms. The van der Waals surface area contributed by atoms with E-state index < -0.39 is 17.5 Å². The zero-order valence-electron chi connectivity index (χ0n) is 14.9. The van der Waals surface area contributed by atoms with Gasteiger partial charge in [-0.25, -0.2) is 4.79 Å². The molecule has 2 aromatic carbocycles. The lowest BCUT2D eigenvalue weighted by Crippen LogP contribution is -2.05. The predicted molar refractivity (Wildman–Crippen MR) is 106 cm³/mol. The van der Waals surface area contributed by atoms with Crippen LogP contribution in [0.5, 0.6) is 0 Å². The number of benzene rings is 2. The zero-order valence-corrected chi connectivity index (χ0v) is 15.7. The second kappa shape index (κ2) is 6.15. The minimum Gasteiger partial charge on any atom is -0.408 e. The first-order chi connectivity index (χ1) is 13.8. The Morgan fingerprint density at radius 1 is 1.14 bits per heavy atom. The Bertz CT molecular complexity index is 1410. The molecule has 0 spiro atoms. The average molecular weight is 415 g/mol. The van der Waals surface area contributed by atoms with E-state index in [9.17, 15) is 18.0 Å². The van der Waals surface area contributed by atoms with Gasteiger partial charge < -0.3 is 4.42 Å². The molecule has 0 aliphatic carbocycles. The molecule has 1 aliphatic heterocycles. The van der Waals surface area contributed by atoms with E-state index in [1.54, 1.807) is 12.1 Å². The van der Waals surface area contributed by atoms with Gasteiger partial charge in [0.2, 0.25) is 0 Å². The van der Waals surface area contributed by atoms with Crippen molar-refractivity contribution in [2.24, 2.45) is 10.2 Å². The standard InChI is InChI=1S/C20H12F3N3O2S/c1-9-4-11-5-14-15(28-19(27)24-14)8-13(11)18(26-25-9)17-6-10-2-3-12(20(21,22)23)7-16(10)29-17/h2-3,5-8H,4H2,1H3,(H,24,27). The lowest BCUT2D eigenvalue weighted by Gasteiger charge is -2.07. The molecule has 5 rings (SSSR count). The molecular formula is C20H12F3N3O2S. The Kier molecular flexibility index (Phi) is 3.79. The van der Waals surface area contributed by atoms with Crippen molar-refractivity contribution in [2.75, 3.05) is 0 Å². The number of H-pyrrole nitrogens is 1. The van der Waals surface area contributed by atoms with Gasteiger partial charge in [0.05, 0.1) is 16.0 Å². The Morgan fingerprint density at radius 3 is 2.76 bits per heavy atom. The summed E-state index contributed by atoms with van der Waals surface area (Å²) in [6, 6.07) is 9.02. The average Bonchev–Trinajstić information content (AvgIpc) is 3.18. The number of aromatic nitrogens is 1. The second-order valence-electron chi connectivity index (χ2n) is 6.84. The highest BCUT2D eigenvalue weighted by Gasteiger charge is 2.31. The maximum absolute atomic E-state index is 13.0. The van der Waals surface area contributed by atoms with Gasteiger partial charge in [0.25, 0.3) is 0 Å². The number of halogens is 3. The van der Waals surface area contributed by atoms with E-state index in [-0.39, 0.29) is 0 Å². The summed E-state index contributed by atoms with van der Waals surface area (Å²) in [5.74, 6) is -0.550. The van der Waals surface area contributed by atoms with Crippen LogP contribution in [0, 0.1) is 0 Å². The van der Waals surface area contributed by atoms with E-state index in [4.69, 9.17) is 4.42 Å². The molecule has 4 aromatic rings. The molecule has 29 heavy (non-hydrogen) atoms. The van der Waals surface area contributed by atoms with Gasteiger partial charge in [-0.3, -0.25) is 4.98 Å².